The van der Waals surface area contributed by atoms with Crippen molar-refractivity contribution in [3.8, 4) is 23.1 Å². The number of aromatic hydroxyl groups is 2. The smallest absolute Gasteiger partial charge is 0.492 e. The molecule has 0 saturated carbocycles. The minimum absolute atomic E-state index is 0. The van der Waals surface area contributed by atoms with E-state index in [1.807, 2.05) is 86.6 Å². The summed E-state index contributed by atoms with van der Waals surface area (Å²) in [4.78, 5) is 4.05. The number of nitrogens with zero attached hydrogens (tertiary/aromatic N) is 8. The third kappa shape index (κ3) is 8.60. The molecule has 2 aromatic heterocycles. The average Bonchev–Trinajstić information content (AvgIpc) is 3.53. The molecule has 2 heterocycles. The summed E-state index contributed by atoms with van der Waals surface area (Å²) < 4.78 is 2.87. The molecule has 0 bridgehead atoms. The van der Waals surface area contributed by atoms with Crippen LogP contribution in [0.4, 0.5) is 22.7 Å². The molecular weight excluding hydrogens is 667 g/mol. The van der Waals surface area contributed by atoms with Crippen LogP contribution in [0.25, 0.3) is 11.4 Å². The molecule has 0 aliphatic heterocycles. The molecule has 0 aliphatic carbocycles. The summed E-state index contributed by atoms with van der Waals surface area (Å²) in [5, 5.41) is 54.7. The molecule has 251 valence electrons. The number of hydrogen-bond donors (Lipinski definition) is 3. The van der Waals surface area contributed by atoms with E-state index >= 15 is 0 Å². The summed E-state index contributed by atoms with van der Waals surface area (Å²) in [5.41, 5.74) is 8.02. The van der Waals surface area contributed by atoms with E-state index in [2.05, 4.69) is 42.5 Å². The molecule has 13 heteroatoms. The topological polar surface area (TPSA) is 155 Å². The monoisotopic (exact) mass is 701 g/mol. The van der Waals surface area contributed by atoms with Gasteiger partial charge in [0.25, 0.3) is 0 Å². The Morgan fingerprint density at radius 3 is 1.51 bits per heavy atom. The number of benzene rings is 4. The first-order valence-electron chi connectivity index (χ1n) is 14.8. The Morgan fingerprint density at radius 2 is 1.04 bits per heavy atom. The van der Waals surface area contributed by atoms with Crippen LogP contribution >= 0.6 is 0 Å². The largest absolute Gasteiger partial charge is 2.00 e. The van der Waals surface area contributed by atoms with Gasteiger partial charge < -0.3 is 10.2 Å². The second kappa shape index (κ2) is 16.4. The van der Waals surface area contributed by atoms with Gasteiger partial charge in [-0.1, -0.05) is 59.7 Å². The Kier molecular flexibility index (Phi) is 12.1. The molecule has 1 radical (unpaired) electrons. The van der Waals surface area contributed by atoms with E-state index in [4.69, 9.17) is 5.26 Å². The number of aromatic nitrogens is 4. The van der Waals surface area contributed by atoms with Gasteiger partial charge in [0.15, 0.2) is 11.4 Å². The summed E-state index contributed by atoms with van der Waals surface area (Å²) >= 11 is 0. The van der Waals surface area contributed by atoms with Gasteiger partial charge in [0, 0.05) is 0 Å². The van der Waals surface area contributed by atoms with Crippen molar-refractivity contribution in [2.75, 3.05) is 0 Å². The summed E-state index contributed by atoms with van der Waals surface area (Å²) in [7, 11) is 0. The Balaban J connectivity index is 0.000000217. The molecule has 0 amide bonds. The SMILES string of the molecule is Cc1ccc(-n2nc(C)c(N=Nc3ccccc3[CH-]OO)c2O)cc1.[CH2-]c1ccccc1N=Nc1c(C)nn(-c2ccc(C)cc2)c1O.[Co+2]. The Bertz CT molecular complexity index is 2070. The van der Waals surface area contributed by atoms with Crippen molar-refractivity contribution in [3.05, 3.63) is 144 Å². The van der Waals surface area contributed by atoms with Crippen LogP contribution in [0.15, 0.2) is 118 Å². The van der Waals surface area contributed by atoms with E-state index in [1.54, 1.807) is 38.1 Å². The molecule has 0 atom stereocenters. The molecule has 0 fully saturated rings. The van der Waals surface area contributed by atoms with Gasteiger partial charge in [0.1, 0.15) is 0 Å². The summed E-state index contributed by atoms with van der Waals surface area (Å²) in [6.45, 7) is 12.6. The molecule has 6 aromatic rings. The van der Waals surface area contributed by atoms with Gasteiger partial charge in [-0.15, -0.1) is 17.7 Å². The Hall–Kier alpha value is -5.73. The van der Waals surface area contributed by atoms with Crippen LogP contribution in [0.2, 0.25) is 0 Å². The minimum atomic E-state index is -0.0926. The van der Waals surface area contributed by atoms with Gasteiger partial charge in [0.05, 0.1) is 22.8 Å². The molecule has 4 aromatic carbocycles. The van der Waals surface area contributed by atoms with Gasteiger partial charge in [-0.25, -0.2) is 10.2 Å². The normalized spacial score (nSPS) is 11.0. The fourth-order valence-corrected chi connectivity index (χ4v) is 4.53. The zero-order valence-corrected chi connectivity index (χ0v) is 28.2. The first-order valence-corrected chi connectivity index (χ1v) is 14.8. The molecule has 0 spiro atoms. The van der Waals surface area contributed by atoms with Crippen LogP contribution in [0, 0.1) is 41.2 Å². The van der Waals surface area contributed by atoms with Gasteiger partial charge in [-0.2, -0.15) is 54.4 Å². The van der Waals surface area contributed by atoms with E-state index in [0.29, 0.717) is 34.0 Å². The Labute approximate surface area is 294 Å². The number of aryl methyl sites for hydroxylation is 4. The Morgan fingerprint density at radius 1 is 0.612 bits per heavy atom. The summed E-state index contributed by atoms with van der Waals surface area (Å²) in [6, 6.07) is 29.8. The molecule has 0 unspecified atom stereocenters. The fraction of sp³-hybridized carbons (Fsp3) is 0.111. The van der Waals surface area contributed by atoms with Crippen molar-refractivity contribution in [3.63, 3.8) is 0 Å². The first-order chi connectivity index (χ1) is 23.2. The van der Waals surface area contributed by atoms with Crippen LogP contribution < -0.4 is 0 Å². The summed E-state index contributed by atoms with van der Waals surface area (Å²) in [5.74, 6) is -0.124. The van der Waals surface area contributed by atoms with Crippen LogP contribution in [-0.2, 0) is 21.7 Å². The minimum Gasteiger partial charge on any atom is -0.492 e. The van der Waals surface area contributed by atoms with E-state index in [-0.39, 0.29) is 34.2 Å². The molecule has 0 aliphatic rings. The number of hydrogen-bond acceptors (Lipinski definition) is 10. The number of azo groups is 2. The van der Waals surface area contributed by atoms with Crippen molar-refractivity contribution >= 4 is 22.7 Å². The zero-order valence-electron chi connectivity index (χ0n) is 27.2. The van der Waals surface area contributed by atoms with Crippen LogP contribution in [0.3, 0.4) is 0 Å². The third-order valence-electron chi connectivity index (χ3n) is 7.19. The van der Waals surface area contributed by atoms with Crippen molar-refractivity contribution in [1.82, 2.24) is 19.6 Å². The molecule has 12 nitrogen and oxygen atoms in total. The number of rotatable bonds is 8. The van der Waals surface area contributed by atoms with Gasteiger partial charge in [-0.3, -0.25) is 10.1 Å². The quantitative estimate of drug-likeness (QED) is 0.0622. The maximum Gasteiger partial charge on any atom is 2.00 e. The predicted octanol–water partition coefficient (Wildman–Crippen LogP) is 9.40. The van der Waals surface area contributed by atoms with E-state index in [9.17, 15) is 10.2 Å². The van der Waals surface area contributed by atoms with Crippen LogP contribution in [-0.4, -0.2) is 35.0 Å². The standard InChI is InChI=1S/C18H17N4O3.C18H17N4O.Co/c1-12-7-9-15(10-8-12)22-18(23)17(13(2)21-22)20-19-16-6-4-3-5-14(16)11-25-24;1-12-8-10-15(11-9-12)22-18(23)17(14(3)21-22)20-19-16-7-5-4-6-13(16)2;/h3-11,23-24H,1-2H3;4-11,23H,2H2,1,3H3;/q2*-1;+2. The average molecular weight is 702 g/mol. The van der Waals surface area contributed by atoms with Gasteiger partial charge in [-0.05, 0) is 69.9 Å². The molecule has 49 heavy (non-hydrogen) atoms. The van der Waals surface area contributed by atoms with E-state index < -0.39 is 0 Å². The predicted molar refractivity (Wildman–Crippen MR) is 182 cm³/mol. The summed E-state index contributed by atoms with van der Waals surface area (Å²) in [6.07, 6.45) is 0. The van der Waals surface area contributed by atoms with E-state index in [0.717, 1.165) is 34.7 Å². The molecule has 3 N–H and O–H groups in total. The third-order valence-corrected chi connectivity index (χ3v) is 7.19. The van der Waals surface area contributed by atoms with Crippen LogP contribution in [0.1, 0.15) is 33.6 Å². The van der Waals surface area contributed by atoms with E-state index in [1.165, 1.54) is 9.36 Å². The molecule has 0 saturated heterocycles. The first kappa shape index (κ1) is 36.1. The van der Waals surface area contributed by atoms with Crippen molar-refractivity contribution in [2.45, 2.75) is 27.7 Å². The van der Waals surface area contributed by atoms with Gasteiger partial charge in [0.2, 0.25) is 11.8 Å². The zero-order chi connectivity index (χ0) is 34.2. The molecular formula is C36H34CoN8O4. The van der Waals surface area contributed by atoms with Crippen molar-refractivity contribution in [1.29, 1.82) is 0 Å². The second-order valence-electron chi connectivity index (χ2n) is 10.8. The van der Waals surface area contributed by atoms with Crippen LogP contribution in [0.5, 0.6) is 11.8 Å². The van der Waals surface area contributed by atoms with Gasteiger partial charge >= 0.3 is 16.8 Å². The maximum atomic E-state index is 10.5. The van der Waals surface area contributed by atoms with Crippen molar-refractivity contribution < 1.29 is 37.1 Å². The maximum absolute atomic E-state index is 10.5. The second-order valence-corrected chi connectivity index (χ2v) is 10.8. The molecule has 6 rings (SSSR count). The van der Waals surface area contributed by atoms with Crippen molar-refractivity contribution in [2.24, 2.45) is 20.5 Å². The fourth-order valence-electron chi connectivity index (χ4n) is 4.53.